The van der Waals surface area contributed by atoms with E-state index in [1.807, 2.05) is 6.07 Å². The van der Waals surface area contributed by atoms with E-state index in [9.17, 15) is 9.59 Å². The van der Waals surface area contributed by atoms with E-state index in [2.05, 4.69) is 15.2 Å². The molecule has 1 saturated heterocycles. The highest BCUT2D eigenvalue weighted by atomic mass is 35.5. The third kappa shape index (κ3) is 6.39. The Bertz CT molecular complexity index is 507. The molecule has 1 aromatic heterocycles. The second kappa shape index (κ2) is 10.5. The van der Waals surface area contributed by atoms with E-state index >= 15 is 0 Å². The molecule has 0 aromatic carbocycles. The quantitative estimate of drug-likeness (QED) is 0.779. The van der Waals surface area contributed by atoms with Crippen LogP contribution in [0, 0.1) is 0 Å². The summed E-state index contributed by atoms with van der Waals surface area (Å²) in [6, 6.07) is 3.66. The zero-order valence-corrected chi connectivity index (χ0v) is 14.8. The van der Waals surface area contributed by atoms with Gasteiger partial charge in [0.05, 0.1) is 18.1 Å². The lowest BCUT2D eigenvalue weighted by Crippen LogP contribution is -2.51. The van der Waals surface area contributed by atoms with Crippen LogP contribution in [0.1, 0.15) is 0 Å². The molecular formula is C13H20Cl3N5O2. The Morgan fingerprint density at radius 3 is 2.39 bits per heavy atom. The number of anilines is 1. The summed E-state index contributed by atoms with van der Waals surface area (Å²) in [4.78, 5) is 31.0. The Kier molecular flexibility index (Phi) is 9.90. The molecule has 0 spiro atoms. The van der Waals surface area contributed by atoms with Crippen LogP contribution in [0.4, 0.5) is 5.82 Å². The molecule has 1 fully saturated rings. The number of hydrogen-bond donors (Lipinski definition) is 2. The van der Waals surface area contributed by atoms with E-state index in [4.69, 9.17) is 17.3 Å². The maximum Gasteiger partial charge on any atom is 0.242 e. The van der Waals surface area contributed by atoms with E-state index in [0.717, 1.165) is 5.82 Å². The number of halogens is 3. The predicted octanol–water partition coefficient (Wildman–Crippen LogP) is 0.302. The van der Waals surface area contributed by atoms with Crippen LogP contribution in [0.25, 0.3) is 0 Å². The van der Waals surface area contributed by atoms with Gasteiger partial charge in [0.15, 0.2) is 0 Å². The molecular weight excluding hydrogens is 365 g/mol. The first kappa shape index (κ1) is 21.7. The first-order valence-corrected chi connectivity index (χ1v) is 7.09. The zero-order valence-electron chi connectivity index (χ0n) is 12.4. The third-order valence-electron chi connectivity index (χ3n) is 3.29. The van der Waals surface area contributed by atoms with Crippen molar-refractivity contribution in [3.63, 3.8) is 0 Å². The minimum atomic E-state index is -0.327. The fourth-order valence-corrected chi connectivity index (χ4v) is 2.21. The molecule has 3 N–H and O–H groups in total. The van der Waals surface area contributed by atoms with Gasteiger partial charge in [-0.2, -0.15) is 0 Å². The highest BCUT2D eigenvalue weighted by molar-refractivity contribution is 6.30. The minimum absolute atomic E-state index is 0. The average molecular weight is 385 g/mol. The predicted molar refractivity (Wildman–Crippen MR) is 94.6 cm³/mol. The van der Waals surface area contributed by atoms with Crippen LogP contribution in [0.5, 0.6) is 0 Å². The van der Waals surface area contributed by atoms with Crippen molar-refractivity contribution in [2.75, 3.05) is 44.2 Å². The van der Waals surface area contributed by atoms with Crippen molar-refractivity contribution in [2.45, 2.75) is 0 Å². The van der Waals surface area contributed by atoms with Crippen LogP contribution >= 0.6 is 36.4 Å². The molecule has 0 unspecified atom stereocenters. The van der Waals surface area contributed by atoms with Crippen LogP contribution < -0.4 is 16.0 Å². The molecule has 1 aromatic rings. The van der Waals surface area contributed by atoms with Crippen molar-refractivity contribution in [3.8, 4) is 0 Å². The van der Waals surface area contributed by atoms with Gasteiger partial charge < -0.3 is 20.9 Å². The van der Waals surface area contributed by atoms with Gasteiger partial charge in [0.25, 0.3) is 0 Å². The molecule has 0 aliphatic carbocycles. The van der Waals surface area contributed by atoms with E-state index < -0.39 is 0 Å². The number of piperazine rings is 1. The van der Waals surface area contributed by atoms with Crippen LogP contribution in [-0.2, 0) is 9.59 Å². The van der Waals surface area contributed by atoms with Crippen LogP contribution in [-0.4, -0.2) is 61.0 Å². The lowest BCUT2D eigenvalue weighted by atomic mass is 10.3. The summed E-state index contributed by atoms with van der Waals surface area (Å²) in [6.45, 7) is 2.48. The molecule has 2 rings (SSSR count). The lowest BCUT2D eigenvalue weighted by Gasteiger charge is -2.35. The summed E-state index contributed by atoms with van der Waals surface area (Å²) in [5.74, 6) is 0.427. The second-order valence-electron chi connectivity index (χ2n) is 4.68. The van der Waals surface area contributed by atoms with Crippen molar-refractivity contribution < 1.29 is 9.59 Å². The number of rotatable bonds is 4. The molecule has 2 heterocycles. The van der Waals surface area contributed by atoms with Crippen LogP contribution in [0.3, 0.4) is 0 Å². The standard InChI is InChI=1S/C13H18ClN5O2.2ClH/c14-10-1-2-11(16-8-10)18-3-5-19(6-4-18)13(21)9-17-12(20)7-15;;/h1-2,8H,3-7,9,15H2,(H,17,20);2*1H. The molecule has 10 heteroatoms. The number of pyridine rings is 1. The fraction of sp³-hybridized carbons (Fsp3) is 0.462. The number of aromatic nitrogens is 1. The summed E-state index contributed by atoms with van der Waals surface area (Å²) in [5, 5.41) is 3.08. The Balaban J connectivity index is 0.00000242. The summed E-state index contributed by atoms with van der Waals surface area (Å²) in [7, 11) is 0. The number of amides is 2. The molecule has 7 nitrogen and oxygen atoms in total. The summed E-state index contributed by atoms with van der Waals surface area (Å²) >= 11 is 5.81. The minimum Gasteiger partial charge on any atom is -0.353 e. The normalized spacial score (nSPS) is 13.7. The van der Waals surface area contributed by atoms with Gasteiger partial charge in [-0.3, -0.25) is 9.59 Å². The monoisotopic (exact) mass is 383 g/mol. The van der Waals surface area contributed by atoms with Gasteiger partial charge >= 0.3 is 0 Å². The maximum atomic E-state index is 11.9. The smallest absolute Gasteiger partial charge is 0.242 e. The van der Waals surface area contributed by atoms with E-state index in [1.165, 1.54) is 0 Å². The number of carbonyl (C=O) groups is 2. The average Bonchev–Trinajstić information content (AvgIpc) is 2.53. The van der Waals surface area contributed by atoms with Crippen molar-refractivity contribution in [1.29, 1.82) is 0 Å². The van der Waals surface area contributed by atoms with Gasteiger partial charge in [-0.15, -0.1) is 24.8 Å². The van der Waals surface area contributed by atoms with Gasteiger partial charge in [-0.05, 0) is 12.1 Å². The largest absolute Gasteiger partial charge is 0.353 e. The van der Waals surface area contributed by atoms with E-state index in [-0.39, 0.29) is 49.7 Å². The summed E-state index contributed by atoms with van der Waals surface area (Å²) < 4.78 is 0. The summed E-state index contributed by atoms with van der Waals surface area (Å²) in [5.41, 5.74) is 5.17. The van der Waals surface area contributed by atoms with E-state index in [0.29, 0.717) is 31.2 Å². The first-order valence-electron chi connectivity index (χ1n) is 6.71. The number of hydrogen-bond acceptors (Lipinski definition) is 5. The highest BCUT2D eigenvalue weighted by Crippen LogP contribution is 2.16. The summed E-state index contributed by atoms with van der Waals surface area (Å²) in [6.07, 6.45) is 1.61. The molecule has 0 radical (unpaired) electrons. The van der Waals surface area contributed by atoms with Crippen molar-refractivity contribution in [3.05, 3.63) is 23.4 Å². The number of nitrogens with one attached hydrogen (secondary N) is 1. The van der Waals surface area contributed by atoms with Crippen molar-refractivity contribution in [1.82, 2.24) is 15.2 Å². The molecule has 0 saturated carbocycles. The Labute approximate surface area is 152 Å². The Morgan fingerprint density at radius 1 is 1.22 bits per heavy atom. The Hall–Kier alpha value is -1.28. The molecule has 1 aliphatic heterocycles. The van der Waals surface area contributed by atoms with Gasteiger partial charge in [0.2, 0.25) is 11.8 Å². The number of nitrogens with zero attached hydrogens (tertiary/aromatic N) is 3. The molecule has 0 atom stereocenters. The van der Waals surface area contributed by atoms with Crippen molar-refractivity contribution in [2.24, 2.45) is 5.73 Å². The molecule has 1 aliphatic rings. The first-order chi connectivity index (χ1) is 10.1. The van der Waals surface area contributed by atoms with Gasteiger partial charge in [0.1, 0.15) is 5.82 Å². The van der Waals surface area contributed by atoms with Gasteiger partial charge in [0, 0.05) is 32.4 Å². The second-order valence-corrected chi connectivity index (χ2v) is 5.12. The molecule has 0 bridgehead atoms. The van der Waals surface area contributed by atoms with Crippen LogP contribution in [0.2, 0.25) is 5.02 Å². The van der Waals surface area contributed by atoms with Crippen molar-refractivity contribution >= 4 is 54.0 Å². The van der Waals surface area contributed by atoms with Crippen LogP contribution in [0.15, 0.2) is 18.3 Å². The van der Waals surface area contributed by atoms with Gasteiger partial charge in [-0.25, -0.2) is 4.98 Å². The topological polar surface area (TPSA) is 91.6 Å². The lowest BCUT2D eigenvalue weighted by molar-refractivity contribution is -0.132. The number of nitrogens with two attached hydrogens (primary N) is 1. The van der Waals surface area contributed by atoms with Gasteiger partial charge in [-0.1, -0.05) is 11.6 Å². The SMILES string of the molecule is Cl.Cl.NCC(=O)NCC(=O)N1CCN(c2ccc(Cl)cn2)CC1. The Morgan fingerprint density at radius 2 is 1.87 bits per heavy atom. The molecule has 2 amide bonds. The van der Waals surface area contributed by atoms with E-state index in [1.54, 1.807) is 17.2 Å². The maximum absolute atomic E-state index is 11.9. The fourth-order valence-electron chi connectivity index (χ4n) is 2.10. The third-order valence-corrected chi connectivity index (χ3v) is 3.51. The number of carbonyl (C=O) groups excluding carboxylic acids is 2. The molecule has 130 valence electrons. The highest BCUT2D eigenvalue weighted by Gasteiger charge is 2.21. The zero-order chi connectivity index (χ0) is 15.2. The molecule has 23 heavy (non-hydrogen) atoms.